The van der Waals surface area contributed by atoms with E-state index in [4.69, 9.17) is 11.5 Å². The van der Waals surface area contributed by atoms with Gasteiger partial charge in [-0.15, -0.1) is 11.3 Å². The van der Waals surface area contributed by atoms with Gasteiger partial charge in [-0.2, -0.15) is 0 Å². The quantitative estimate of drug-likeness (QED) is 0.656. The molecule has 0 aliphatic carbocycles. The zero-order valence-corrected chi connectivity index (χ0v) is 12.6. The molecule has 0 radical (unpaired) electrons. The van der Waals surface area contributed by atoms with Crippen LogP contribution in [0, 0.1) is 0 Å². The molecular formula is C14H19N3O2S. The number of nitrogens with zero attached hydrogens (tertiary/aromatic N) is 1. The van der Waals surface area contributed by atoms with Gasteiger partial charge in [-0.25, -0.2) is 4.98 Å². The first-order chi connectivity index (χ1) is 9.31. The van der Waals surface area contributed by atoms with Gasteiger partial charge in [-0.1, -0.05) is 12.1 Å². The molecule has 0 saturated heterocycles. The molecular weight excluding hydrogens is 274 g/mol. The van der Waals surface area contributed by atoms with Crippen LogP contribution in [-0.2, 0) is 9.53 Å². The van der Waals surface area contributed by atoms with E-state index in [-0.39, 0.29) is 5.60 Å². The predicted octanol–water partition coefficient (Wildman–Crippen LogP) is 2.93. The molecule has 1 aromatic heterocycles. The number of hydrogen-bond donors (Lipinski definition) is 2. The minimum atomic E-state index is -0.318. The highest BCUT2D eigenvalue weighted by Crippen LogP contribution is 2.23. The van der Waals surface area contributed by atoms with Crippen LogP contribution < -0.4 is 11.5 Å². The second kappa shape index (κ2) is 6.91. The third-order valence-electron chi connectivity index (χ3n) is 2.13. The van der Waals surface area contributed by atoms with Gasteiger partial charge in [0.1, 0.15) is 5.60 Å². The summed E-state index contributed by atoms with van der Waals surface area (Å²) in [5.74, 6) is 0. The van der Waals surface area contributed by atoms with Crippen LogP contribution in [0.2, 0.25) is 0 Å². The Morgan fingerprint density at radius 3 is 2.15 bits per heavy atom. The number of ether oxygens (including phenoxy) is 1. The fourth-order valence-electron chi connectivity index (χ4n) is 1.22. The maximum absolute atomic E-state index is 9.60. The topological polar surface area (TPSA) is 91.2 Å². The van der Waals surface area contributed by atoms with Gasteiger partial charge in [0.25, 0.3) is 6.47 Å². The van der Waals surface area contributed by atoms with E-state index in [0.29, 0.717) is 11.6 Å². The van der Waals surface area contributed by atoms with Crippen molar-refractivity contribution in [1.29, 1.82) is 0 Å². The summed E-state index contributed by atoms with van der Waals surface area (Å²) in [6, 6.07) is 7.57. The molecule has 4 N–H and O–H groups in total. The Kier molecular flexibility index (Phi) is 5.52. The maximum atomic E-state index is 9.60. The Balaban J connectivity index is 0.000000246. The van der Waals surface area contributed by atoms with Crippen LogP contribution in [0.1, 0.15) is 20.8 Å². The lowest BCUT2D eigenvalue weighted by Gasteiger charge is -2.14. The van der Waals surface area contributed by atoms with Crippen LogP contribution >= 0.6 is 11.3 Å². The van der Waals surface area contributed by atoms with E-state index >= 15 is 0 Å². The molecule has 2 rings (SSSR count). The van der Waals surface area contributed by atoms with Gasteiger partial charge in [0.2, 0.25) is 0 Å². The summed E-state index contributed by atoms with van der Waals surface area (Å²) in [4.78, 5) is 13.8. The maximum Gasteiger partial charge on any atom is 0.293 e. The number of hydrogen-bond acceptors (Lipinski definition) is 6. The number of thiazole rings is 1. The van der Waals surface area contributed by atoms with E-state index in [9.17, 15) is 4.79 Å². The van der Waals surface area contributed by atoms with Crippen molar-refractivity contribution in [3.05, 3.63) is 29.6 Å². The Morgan fingerprint density at radius 1 is 1.20 bits per heavy atom. The Morgan fingerprint density at radius 2 is 1.80 bits per heavy atom. The smallest absolute Gasteiger partial charge is 0.293 e. The van der Waals surface area contributed by atoms with E-state index in [1.54, 1.807) is 0 Å². The van der Waals surface area contributed by atoms with Crippen molar-refractivity contribution in [2.24, 2.45) is 0 Å². The lowest BCUT2D eigenvalue weighted by Crippen LogP contribution is -2.17. The fourth-order valence-corrected chi connectivity index (χ4v) is 1.79. The SMILES string of the molecule is CC(C)(C)OC=O.Nc1ccc(-c2csc(N)n2)cc1. The van der Waals surface area contributed by atoms with Gasteiger partial charge in [0.15, 0.2) is 5.13 Å². The normalized spacial score (nSPS) is 10.3. The summed E-state index contributed by atoms with van der Waals surface area (Å²) < 4.78 is 4.55. The summed E-state index contributed by atoms with van der Waals surface area (Å²) in [7, 11) is 0. The Labute approximate surface area is 122 Å². The number of benzene rings is 1. The molecule has 0 aliphatic rings. The molecule has 0 fully saturated rings. The summed E-state index contributed by atoms with van der Waals surface area (Å²) in [6.07, 6.45) is 0. The number of anilines is 2. The van der Waals surface area contributed by atoms with Crippen molar-refractivity contribution < 1.29 is 9.53 Å². The monoisotopic (exact) mass is 293 g/mol. The minimum Gasteiger partial charge on any atom is -0.462 e. The first-order valence-corrected chi connectivity index (χ1v) is 6.88. The van der Waals surface area contributed by atoms with Gasteiger partial charge in [0.05, 0.1) is 5.69 Å². The van der Waals surface area contributed by atoms with Crippen LogP contribution in [-0.4, -0.2) is 17.1 Å². The van der Waals surface area contributed by atoms with E-state index < -0.39 is 0 Å². The average molecular weight is 293 g/mol. The third-order valence-corrected chi connectivity index (χ3v) is 2.80. The molecule has 0 atom stereocenters. The highest BCUT2D eigenvalue weighted by atomic mass is 32.1. The minimum absolute atomic E-state index is 0.318. The summed E-state index contributed by atoms with van der Waals surface area (Å²) in [5, 5.41) is 2.52. The van der Waals surface area contributed by atoms with Crippen molar-refractivity contribution in [2.75, 3.05) is 11.5 Å². The number of aromatic nitrogens is 1. The summed E-state index contributed by atoms with van der Waals surface area (Å²) >= 11 is 1.44. The number of nitrogens with two attached hydrogens (primary N) is 2. The molecule has 108 valence electrons. The lowest BCUT2D eigenvalue weighted by molar-refractivity contribution is -0.138. The number of carbonyl (C=O) groups excluding carboxylic acids is 1. The van der Waals surface area contributed by atoms with Gasteiger partial charge >= 0.3 is 0 Å². The van der Waals surface area contributed by atoms with Gasteiger partial charge in [0, 0.05) is 16.6 Å². The van der Waals surface area contributed by atoms with Gasteiger partial charge in [-0.05, 0) is 32.9 Å². The molecule has 6 heteroatoms. The molecule has 0 amide bonds. The van der Waals surface area contributed by atoms with E-state index in [2.05, 4.69) is 9.72 Å². The molecule has 0 aliphatic heterocycles. The molecule has 5 nitrogen and oxygen atoms in total. The molecule has 0 spiro atoms. The first kappa shape index (κ1) is 16.0. The third kappa shape index (κ3) is 5.71. The fraction of sp³-hybridized carbons (Fsp3) is 0.286. The highest BCUT2D eigenvalue weighted by molar-refractivity contribution is 7.13. The van der Waals surface area contributed by atoms with E-state index in [1.807, 2.05) is 50.4 Å². The van der Waals surface area contributed by atoms with Gasteiger partial charge in [-0.3, -0.25) is 4.79 Å². The number of nitrogen functional groups attached to an aromatic ring is 2. The molecule has 0 bridgehead atoms. The highest BCUT2D eigenvalue weighted by Gasteiger charge is 2.07. The zero-order valence-electron chi connectivity index (χ0n) is 11.8. The molecule has 0 unspecified atom stereocenters. The second-order valence-electron chi connectivity index (χ2n) is 5.02. The van der Waals surface area contributed by atoms with E-state index in [1.165, 1.54) is 11.3 Å². The zero-order chi connectivity index (χ0) is 15.2. The van der Waals surface area contributed by atoms with Crippen LogP contribution in [0.25, 0.3) is 11.3 Å². The van der Waals surface area contributed by atoms with Crippen molar-refractivity contribution in [1.82, 2.24) is 4.98 Å². The van der Waals surface area contributed by atoms with Crippen LogP contribution in [0.5, 0.6) is 0 Å². The number of rotatable bonds is 2. The van der Waals surface area contributed by atoms with Gasteiger partial charge < -0.3 is 16.2 Å². The standard InChI is InChI=1S/C9H9N3S.C5H10O2/c10-7-3-1-6(2-4-7)8-5-13-9(11)12-8;1-5(2,3)7-4-6/h1-5H,10H2,(H2,11,12);4H,1-3H3. The van der Waals surface area contributed by atoms with Crippen molar-refractivity contribution >= 4 is 28.6 Å². The molecule has 1 heterocycles. The Bertz CT molecular complexity index is 544. The van der Waals surface area contributed by atoms with E-state index in [0.717, 1.165) is 16.9 Å². The van der Waals surface area contributed by atoms with Crippen LogP contribution in [0.3, 0.4) is 0 Å². The molecule has 1 aromatic carbocycles. The van der Waals surface area contributed by atoms with Crippen LogP contribution in [0.4, 0.5) is 10.8 Å². The molecule has 2 aromatic rings. The molecule has 20 heavy (non-hydrogen) atoms. The lowest BCUT2D eigenvalue weighted by atomic mass is 10.2. The first-order valence-electron chi connectivity index (χ1n) is 6.00. The Hall–Kier alpha value is -2.08. The van der Waals surface area contributed by atoms with Crippen molar-refractivity contribution in [2.45, 2.75) is 26.4 Å². The summed E-state index contributed by atoms with van der Waals surface area (Å²) in [6.45, 7) is 5.92. The molecule has 0 saturated carbocycles. The average Bonchev–Trinajstić information content (AvgIpc) is 2.76. The van der Waals surface area contributed by atoms with Crippen LogP contribution in [0.15, 0.2) is 29.6 Å². The number of carbonyl (C=O) groups is 1. The van der Waals surface area contributed by atoms with Crippen molar-refractivity contribution in [3.8, 4) is 11.3 Å². The summed E-state index contributed by atoms with van der Waals surface area (Å²) in [5.41, 5.74) is 13.5. The largest absolute Gasteiger partial charge is 0.462 e. The predicted molar refractivity (Wildman–Crippen MR) is 83.3 cm³/mol. The van der Waals surface area contributed by atoms with Crippen molar-refractivity contribution in [3.63, 3.8) is 0 Å². The second-order valence-corrected chi connectivity index (χ2v) is 5.91.